The van der Waals surface area contributed by atoms with Gasteiger partial charge < -0.3 is 10.1 Å². The molecule has 3 N–H and O–H groups in total. The molecular weight excluding hydrogens is 469 g/mol. The Kier molecular flexibility index (Phi) is 6.82. The van der Waals surface area contributed by atoms with Crippen LogP contribution < -0.4 is 20.9 Å². The topological polar surface area (TPSA) is 131 Å². The summed E-state index contributed by atoms with van der Waals surface area (Å²) in [6, 6.07) is 8.91. The fraction of sp³-hybridized carbons (Fsp3) is 0.105. The zero-order valence-corrected chi connectivity index (χ0v) is 17.4. The van der Waals surface area contributed by atoms with E-state index in [1.54, 1.807) is 12.1 Å². The average Bonchev–Trinajstić information content (AvgIpc) is 2.78. The lowest BCUT2D eigenvalue weighted by Crippen LogP contribution is -2.30. The fourth-order valence-corrected chi connectivity index (χ4v) is 2.85. The molecule has 0 atom stereocenters. The van der Waals surface area contributed by atoms with Crippen LogP contribution in [0.25, 0.3) is 0 Å². The van der Waals surface area contributed by atoms with Crippen LogP contribution >= 0.6 is 11.6 Å². The molecule has 0 spiro atoms. The Morgan fingerprint density at radius 2 is 1.79 bits per heavy atom. The normalized spacial score (nSPS) is 10.9. The Morgan fingerprint density at radius 1 is 1.12 bits per heavy atom. The molecule has 14 heteroatoms. The molecule has 0 unspecified atom stereocenters. The monoisotopic (exact) mass is 482 g/mol. The first-order chi connectivity index (χ1) is 15.6. The van der Waals surface area contributed by atoms with Crippen molar-refractivity contribution in [3.05, 3.63) is 75.1 Å². The lowest BCUT2D eigenvalue weighted by Gasteiger charge is -2.13. The number of hydrogen-bond donors (Lipinski definition) is 3. The van der Waals surface area contributed by atoms with E-state index in [-0.39, 0.29) is 11.3 Å². The summed E-state index contributed by atoms with van der Waals surface area (Å²) in [7, 11) is 1.46. The number of amides is 1. The summed E-state index contributed by atoms with van der Waals surface area (Å²) in [6.07, 6.45) is -3.80. The number of carbonyl (C=O) groups excluding carboxylic acids is 1. The maximum Gasteiger partial charge on any atom is 0.417 e. The number of ether oxygens (including phenoxy) is 1. The van der Waals surface area contributed by atoms with Crippen LogP contribution in [0.15, 0.2) is 48.8 Å². The van der Waals surface area contributed by atoms with E-state index in [1.165, 1.54) is 25.3 Å². The standard InChI is InChI=1S/C19H14ClF3N6O4/c1-33-12-5-2-10(3-6-12)18(30)28-27-17-15(29(31)32)16(24-9-25-17)26-11-4-7-14(20)13(8-11)19(21,22)23/h2-9H,1H3,(H,28,30)(H2,24,25,26,27). The average molecular weight is 483 g/mol. The van der Waals surface area contributed by atoms with Crippen molar-refractivity contribution in [1.82, 2.24) is 15.4 Å². The molecule has 0 radical (unpaired) electrons. The molecule has 0 aliphatic carbocycles. The lowest BCUT2D eigenvalue weighted by molar-refractivity contribution is -0.383. The Balaban J connectivity index is 1.84. The van der Waals surface area contributed by atoms with Gasteiger partial charge in [0.15, 0.2) is 0 Å². The number of hydrazine groups is 1. The summed E-state index contributed by atoms with van der Waals surface area (Å²) < 4.78 is 44.3. The number of halogens is 4. The van der Waals surface area contributed by atoms with Crippen LogP contribution in [0.1, 0.15) is 15.9 Å². The van der Waals surface area contributed by atoms with Gasteiger partial charge in [0, 0.05) is 11.3 Å². The predicted octanol–water partition coefficient (Wildman–Crippen LogP) is 4.57. The van der Waals surface area contributed by atoms with Gasteiger partial charge >= 0.3 is 11.9 Å². The van der Waals surface area contributed by atoms with Gasteiger partial charge in [-0.25, -0.2) is 9.97 Å². The third kappa shape index (κ3) is 5.57. The quantitative estimate of drug-likeness (QED) is 0.330. The minimum atomic E-state index is -4.73. The Bertz CT molecular complexity index is 1190. The molecule has 0 saturated heterocycles. The predicted molar refractivity (Wildman–Crippen MR) is 113 cm³/mol. The summed E-state index contributed by atoms with van der Waals surface area (Å²) in [6.45, 7) is 0. The van der Waals surface area contributed by atoms with Crippen LogP contribution in [0.2, 0.25) is 5.02 Å². The largest absolute Gasteiger partial charge is 0.497 e. The number of anilines is 3. The summed E-state index contributed by atoms with van der Waals surface area (Å²) >= 11 is 5.59. The number of aromatic nitrogens is 2. The zero-order chi connectivity index (χ0) is 24.2. The van der Waals surface area contributed by atoms with Gasteiger partial charge in [-0.3, -0.25) is 25.8 Å². The van der Waals surface area contributed by atoms with E-state index >= 15 is 0 Å². The van der Waals surface area contributed by atoms with Gasteiger partial charge in [0.25, 0.3) is 5.91 Å². The second-order valence-corrected chi connectivity index (χ2v) is 6.71. The third-order valence-electron chi connectivity index (χ3n) is 4.19. The smallest absolute Gasteiger partial charge is 0.417 e. The maximum absolute atomic E-state index is 13.1. The van der Waals surface area contributed by atoms with E-state index in [9.17, 15) is 28.1 Å². The Hall–Kier alpha value is -4.13. The van der Waals surface area contributed by atoms with E-state index < -0.39 is 44.9 Å². The number of alkyl halides is 3. The van der Waals surface area contributed by atoms with Gasteiger partial charge in [0.05, 0.1) is 22.6 Å². The van der Waals surface area contributed by atoms with Crippen molar-refractivity contribution in [2.75, 3.05) is 17.9 Å². The lowest BCUT2D eigenvalue weighted by atomic mass is 10.2. The molecule has 3 aromatic rings. The van der Waals surface area contributed by atoms with Gasteiger partial charge in [0.2, 0.25) is 11.6 Å². The van der Waals surface area contributed by atoms with E-state index in [4.69, 9.17) is 16.3 Å². The summed E-state index contributed by atoms with van der Waals surface area (Å²) in [5, 5.41) is 13.5. The van der Waals surface area contributed by atoms with Gasteiger partial charge in [-0.2, -0.15) is 13.2 Å². The molecule has 1 heterocycles. The van der Waals surface area contributed by atoms with Crippen molar-refractivity contribution in [2.24, 2.45) is 0 Å². The van der Waals surface area contributed by atoms with E-state index in [2.05, 4.69) is 26.1 Å². The molecule has 10 nitrogen and oxygen atoms in total. The molecule has 0 aliphatic rings. The van der Waals surface area contributed by atoms with Gasteiger partial charge in [-0.05, 0) is 42.5 Å². The van der Waals surface area contributed by atoms with E-state index in [1.807, 2.05) is 0 Å². The minimum Gasteiger partial charge on any atom is -0.497 e. The van der Waals surface area contributed by atoms with Crippen molar-refractivity contribution in [3.8, 4) is 5.75 Å². The van der Waals surface area contributed by atoms with Gasteiger partial charge in [-0.1, -0.05) is 11.6 Å². The van der Waals surface area contributed by atoms with Crippen LogP contribution in [-0.2, 0) is 6.18 Å². The summed E-state index contributed by atoms with van der Waals surface area (Å²) in [5.74, 6) is -0.916. The number of hydrogen-bond acceptors (Lipinski definition) is 8. The van der Waals surface area contributed by atoms with E-state index in [0.717, 1.165) is 12.4 Å². The number of nitrogens with one attached hydrogen (secondary N) is 3. The van der Waals surface area contributed by atoms with Crippen LogP contribution in [0.4, 0.5) is 36.2 Å². The second-order valence-electron chi connectivity index (χ2n) is 6.30. The number of rotatable bonds is 7. The minimum absolute atomic E-state index is 0.151. The van der Waals surface area contributed by atoms with Crippen molar-refractivity contribution in [1.29, 1.82) is 0 Å². The number of nitrogens with zero attached hydrogens (tertiary/aromatic N) is 3. The number of nitro groups is 1. The van der Waals surface area contributed by atoms with Crippen molar-refractivity contribution >= 4 is 40.5 Å². The molecule has 2 aromatic carbocycles. The number of benzene rings is 2. The highest BCUT2D eigenvalue weighted by Gasteiger charge is 2.33. The first kappa shape index (κ1) is 23.5. The molecule has 0 saturated carbocycles. The third-order valence-corrected chi connectivity index (χ3v) is 4.52. The molecule has 172 valence electrons. The summed E-state index contributed by atoms with van der Waals surface area (Å²) in [5.41, 5.74) is 2.81. The van der Waals surface area contributed by atoms with Crippen LogP contribution in [-0.4, -0.2) is 27.9 Å². The maximum atomic E-state index is 13.1. The Labute approximate surface area is 188 Å². The van der Waals surface area contributed by atoms with Crippen LogP contribution in [0, 0.1) is 10.1 Å². The Morgan fingerprint density at radius 3 is 2.39 bits per heavy atom. The highest BCUT2D eigenvalue weighted by Crippen LogP contribution is 2.37. The summed E-state index contributed by atoms with van der Waals surface area (Å²) in [4.78, 5) is 30.5. The first-order valence-electron chi connectivity index (χ1n) is 8.93. The molecule has 0 bridgehead atoms. The molecule has 3 rings (SSSR count). The van der Waals surface area contributed by atoms with Crippen LogP contribution in [0.3, 0.4) is 0 Å². The number of carbonyl (C=O) groups is 1. The zero-order valence-electron chi connectivity index (χ0n) is 16.6. The molecule has 0 aliphatic heterocycles. The molecule has 1 amide bonds. The van der Waals surface area contributed by atoms with Gasteiger partial charge in [-0.15, -0.1) is 0 Å². The highest BCUT2D eigenvalue weighted by molar-refractivity contribution is 6.31. The molecule has 0 fully saturated rings. The van der Waals surface area contributed by atoms with Crippen molar-refractivity contribution in [2.45, 2.75) is 6.18 Å². The molecular formula is C19H14ClF3N6O4. The van der Waals surface area contributed by atoms with Crippen molar-refractivity contribution < 1.29 is 27.6 Å². The van der Waals surface area contributed by atoms with Gasteiger partial charge in [0.1, 0.15) is 12.1 Å². The second kappa shape index (κ2) is 9.56. The molecule has 1 aromatic heterocycles. The van der Waals surface area contributed by atoms with Crippen LogP contribution in [0.5, 0.6) is 5.75 Å². The first-order valence-corrected chi connectivity index (χ1v) is 9.31. The van der Waals surface area contributed by atoms with Crippen molar-refractivity contribution in [3.63, 3.8) is 0 Å². The fourth-order valence-electron chi connectivity index (χ4n) is 2.62. The molecule has 33 heavy (non-hydrogen) atoms. The van der Waals surface area contributed by atoms with E-state index in [0.29, 0.717) is 11.8 Å². The highest BCUT2D eigenvalue weighted by atomic mass is 35.5. The number of methoxy groups -OCH3 is 1. The SMILES string of the molecule is COc1ccc(C(=O)NNc2ncnc(Nc3ccc(Cl)c(C(F)(F)F)c3)c2[N+](=O)[O-])cc1.